The Labute approximate surface area is 174 Å². The van der Waals surface area contributed by atoms with Crippen molar-refractivity contribution < 1.29 is 11.0 Å². The Hall–Kier alpha value is -2.88. The molecule has 1 amide bonds. The topological polar surface area (TPSA) is 91.1 Å². The van der Waals surface area contributed by atoms with Crippen molar-refractivity contribution >= 4 is 22.8 Å². The van der Waals surface area contributed by atoms with Crippen LogP contribution in [-0.2, 0) is 4.74 Å². The summed E-state index contributed by atoms with van der Waals surface area (Å²) in [6.07, 6.45) is 3.72. The first-order chi connectivity index (χ1) is 13.8. The standard InChI is InChI=1S/C20H25N5O2.C2H6.H2/c1-13-9-15(24-19(26)27-20(2,3)4)12-25(11-13)16-6-5-14(10-21)17-18(16)23-8-7-22-17;1-2;/h5-8,13,15H,9,11-12H2,1-4H3,(H,24,26);1-2H3;1H/t13-,15+;;/m0../s1. The molecular formula is C22H33N5O2. The van der Waals surface area contributed by atoms with Crippen molar-refractivity contribution in [3.05, 3.63) is 30.1 Å². The van der Waals surface area contributed by atoms with Crippen LogP contribution in [-0.4, -0.2) is 40.8 Å². The predicted octanol–water partition coefficient (Wildman–Crippen LogP) is 4.51. The van der Waals surface area contributed by atoms with E-state index in [0.29, 0.717) is 29.1 Å². The molecule has 1 aliphatic rings. The van der Waals surface area contributed by atoms with Crippen LogP contribution in [0.1, 0.15) is 55.0 Å². The third kappa shape index (κ3) is 5.80. The van der Waals surface area contributed by atoms with Gasteiger partial charge in [-0.2, -0.15) is 5.26 Å². The molecule has 1 aromatic heterocycles. The highest BCUT2D eigenvalue weighted by Gasteiger charge is 2.29. The molecule has 2 aromatic rings. The van der Waals surface area contributed by atoms with Gasteiger partial charge in [0.1, 0.15) is 22.7 Å². The maximum absolute atomic E-state index is 12.2. The molecule has 3 rings (SSSR count). The highest BCUT2D eigenvalue weighted by Crippen LogP contribution is 2.30. The first-order valence-electron chi connectivity index (χ1n) is 10.1. The fourth-order valence-electron chi connectivity index (χ4n) is 3.52. The van der Waals surface area contributed by atoms with Crippen LogP contribution in [0, 0.1) is 17.2 Å². The summed E-state index contributed by atoms with van der Waals surface area (Å²) < 4.78 is 5.39. The van der Waals surface area contributed by atoms with Crippen molar-refractivity contribution in [2.45, 2.75) is 59.6 Å². The van der Waals surface area contributed by atoms with Crippen molar-refractivity contribution in [3.8, 4) is 6.07 Å². The molecule has 1 aliphatic heterocycles. The number of piperidine rings is 1. The molecule has 7 nitrogen and oxygen atoms in total. The van der Waals surface area contributed by atoms with E-state index in [0.717, 1.165) is 18.7 Å². The summed E-state index contributed by atoms with van der Waals surface area (Å²) in [7, 11) is 0. The van der Waals surface area contributed by atoms with Gasteiger partial charge in [-0.1, -0.05) is 20.8 Å². The van der Waals surface area contributed by atoms with Gasteiger partial charge in [-0.05, 0) is 45.2 Å². The van der Waals surface area contributed by atoms with Gasteiger partial charge in [0.05, 0.1) is 11.3 Å². The normalized spacial score (nSPS) is 19.0. The SMILES string of the molecule is CC.C[C@H]1C[C@@H](NC(=O)OC(C)(C)C)CN(c2ccc(C#N)c3nccnc23)C1.[HH]. The monoisotopic (exact) mass is 399 g/mol. The number of benzene rings is 1. The van der Waals surface area contributed by atoms with Gasteiger partial charge in [-0.3, -0.25) is 9.97 Å². The first kappa shape index (κ1) is 22.4. The lowest BCUT2D eigenvalue weighted by molar-refractivity contribution is 0.0495. The van der Waals surface area contributed by atoms with Gasteiger partial charge in [0.2, 0.25) is 0 Å². The van der Waals surface area contributed by atoms with E-state index in [-0.39, 0.29) is 7.47 Å². The number of ether oxygens (including phenoxy) is 1. The number of aromatic nitrogens is 2. The van der Waals surface area contributed by atoms with Crippen LogP contribution in [0.5, 0.6) is 0 Å². The second kappa shape index (κ2) is 9.55. The molecule has 0 saturated carbocycles. The molecule has 2 atom stereocenters. The van der Waals surface area contributed by atoms with E-state index in [1.54, 1.807) is 18.5 Å². The van der Waals surface area contributed by atoms with Gasteiger partial charge in [0.25, 0.3) is 0 Å². The van der Waals surface area contributed by atoms with Crippen LogP contribution < -0.4 is 10.2 Å². The Morgan fingerprint density at radius 2 is 1.90 bits per heavy atom. The van der Waals surface area contributed by atoms with Gasteiger partial charge in [-0.25, -0.2) is 4.79 Å². The Morgan fingerprint density at radius 3 is 2.52 bits per heavy atom. The number of nitrogens with zero attached hydrogens (tertiary/aromatic N) is 4. The Balaban J connectivity index is 0.00000146. The van der Waals surface area contributed by atoms with Crippen LogP contribution in [0.2, 0.25) is 0 Å². The summed E-state index contributed by atoms with van der Waals surface area (Å²) in [6, 6.07) is 5.84. The maximum atomic E-state index is 12.2. The number of rotatable bonds is 2. The van der Waals surface area contributed by atoms with Crippen LogP contribution in [0.4, 0.5) is 10.5 Å². The van der Waals surface area contributed by atoms with Crippen LogP contribution in [0.15, 0.2) is 24.5 Å². The average molecular weight is 400 g/mol. The lowest BCUT2D eigenvalue weighted by Crippen LogP contribution is -2.51. The zero-order chi connectivity index (χ0) is 21.6. The van der Waals surface area contributed by atoms with E-state index in [4.69, 9.17) is 4.74 Å². The minimum atomic E-state index is -0.525. The molecule has 0 unspecified atom stereocenters. The zero-order valence-electron chi connectivity index (χ0n) is 18.2. The second-order valence-corrected chi connectivity index (χ2v) is 8.09. The van der Waals surface area contributed by atoms with Crippen LogP contribution >= 0.6 is 0 Å². The predicted molar refractivity (Wildman–Crippen MR) is 117 cm³/mol. The first-order valence-corrected chi connectivity index (χ1v) is 10.1. The summed E-state index contributed by atoms with van der Waals surface area (Å²) in [6.45, 7) is 13.2. The number of hydrogen-bond acceptors (Lipinski definition) is 6. The van der Waals surface area contributed by atoms with Crippen molar-refractivity contribution in [2.24, 2.45) is 5.92 Å². The number of hydrogen-bond donors (Lipinski definition) is 1. The molecule has 0 aliphatic carbocycles. The largest absolute Gasteiger partial charge is 0.444 e. The smallest absolute Gasteiger partial charge is 0.407 e. The van der Waals surface area contributed by atoms with E-state index in [2.05, 4.69) is 33.2 Å². The van der Waals surface area contributed by atoms with Gasteiger partial charge in [0, 0.05) is 33.0 Å². The van der Waals surface area contributed by atoms with Crippen LogP contribution in [0.3, 0.4) is 0 Å². The number of anilines is 1. The molecular weight excluding hydrogens is 366 g/mol. The summed E-state index contributed by atoms with van der Waals surface area (Å²) in [5.74, 6) is 0.390. The van der Waals surface area contributed by atoms with E-state index >= 15 is 0 Å². The molecule has 1 N–H and O–H groups in total. The summed E-state index contributed by atoms with van der Waals surface area (Å²) in [5, 5.41) is 12.3. The minimum absolute atomic E-state index is 0. The lowest BCUT2D eigenvalue weighted by Gasteiger charge is -2.38. The summed E-state index contributed by atoms with van der Waals surface area (Å²) >= 11 is 0. The lowest BCUT2D eigenvalue weighted by atomic mass is 9.95. The molecule has 1 fully saturated rings. The fourth-order valence-corrected chi connectivity index (χ4v) is 3.52. The zero-order valence-corrected chi connectivity index (χ0v) is 18.2. The Morgan fingerprint density at radius 1 is 1.24 bits per heavy atom. The second-order valence-electron chi connectivity index (χ2n) is 8.09. The average Bonchev–Trinajstić information content (AvgIpc) is 2.66. The Kier molecular flexibility index (Phi) is 7.38. The number of fused-ring (bicyclic) bond motifs is 1. The van der Waals surface area contributed by atoms with E-state index in [1.165, 1.54) is 0 Å². The number of nitrogens with one attached hydrogen (secondary N) is 1. The number of amides is 1. The molecule has 0 radical (unpaired) electrons. The minimum Gasteiger partial charge on any atom is -0.444 e. The highest BCUT2D eigenvalue weighted by atomic mass is 16.6. The molecule has 0 bridgehead atoms. The van der Waals surface area contributed by atoms with Crippen molar-refractivity contribution in [2.75, 3.05) is 18.0 Å². The number of carbonyl (C=O) groups excluding carboxylic acids is 1. The van der Waals surface area contributed by atoms with Gasteiger partial charge in [-0.15, -0.1) is 0 Å². The van der Waals surface area contributed by atoms with Gasteiger partial charge < -0.3 is 15.0 Å². The third-order valence-corrected chi connectivity index (χ3v) is 4.45. The van der Waals surface area contributed by atoms with Crippen molar-refractivity contribution in [1.82, 2.24) is 15.3 Å². The van der Waals surface area contributed by atoms with Crippen LogP contribution in [0.25, 0.3) is 11.0 Å². The maximum Gasteiger partial charge on any atom is 0.407 e. The fraction of sp³-hybridized carbons (Fsp3) is 0.545. The molecule has 1 aromatic carbocycles. The summed E-state index contributed by atoms with van der Waals surface area (Å²) in [5.41, 5.74) is 2.23. The number of carbonyl (C=O) groups is 1. The molecule has 7 heteroatoms. The van der Waals surface area contributed by atoms with E-state index in [9.17, 15) is 10.1 Å². The highest BCUT2D eigenvalue weighted by molar-refractivity contribution is 5.92. The quantitative estimate of drug-likeness (QED) is 0.799. The van der Waals surface area contributed by atoms with Crippen molar-refractivity contribution in [3.63, 3.8) is 0 Å². The molecule has 29 heavy (non-hydrogen) atoms. The molecule has 2 heterocycles. The number of nitriles is 1. The van der Waals surface area contributed by atoms with Gasteiger partial charge in [0.15, 0.2) is 0 Å². The summed E-state index contributed by atoms with van der Waals surface area (Å²) in [4.78, 5) is 23.2. The Bertz CT molecular complexity index is 891. The molecule has 1 saturated heterocycles. The molecule has 0 spiro atoms. The van der Waals surface area contributed by atoms with Crippen molar-refractivity contribution in [1.29, 1.82) is 5.26 Å². The molecule has 158 valence electrons. The number of alkyl carbamates (subject to hydrolysis) is 1. The van der Waals surface area contributed by atoms with E-state index in [1.807, 2.05) is 40.7 Å². The third-order valence-electron chi connectivity index (χ3n) is 4.45. The van der Waals surface area contributed by atoms with E-state index < -0.39 is 11.7 Å². The van der Waals surface area contributed by atoms with Gasteiger partial charge >= 0.3 is 6.09 Å².